The van der Waals surface area contributed by atoms with Crippen molar-refractivity contribution in [3.8, 4) is 0 Å². The van der Waals surface area contributed by atoms with E-state index in [-0.39, 0.29) is 114 Å². The van der Waals surface area contributed by atoms with Gasteiger partial charge in [-0.2, -0.15) is 0 Å². The summed E-state index contributed by atoms with van der Waals surface area (Å²) < 4.78 is 0. The first-order valence-corrected chi connectivity index (χ1v) is 3.55. The van der Waals surface area contributed by atoms with Crippen molar-refractivity contribution < 1.29 is 123 Å². The summed E-state index contributed by atoms with van der Waals surface area (Å²) >= 11 is 0. The summed E-state index contributed by atoms with van der Waals surface area (Å²) in [5.41, 5.74) is 0.235. The Bertz CT molecular complexity index is 344. The van der Waals surface area contributed by atoms with E-state index in [0.29, 0.717) is 5.56 Å². The summed E-state index contributed by atoms with van der Waals surface area (Å²) in [4.78, 5) is 20.8. The monoisotopic (exact) mass is 256 g/mol. The van der Waals surface area contributed by atoms with Gasteiger partial charge in [-0.1, -0.05) is 12.1 Å². The molecule has 0 radical (unpaired) electrons. The van der Waals surface area contributed by atoms with Gasteiger partial charge in [-0.15, -0.1) is 0 Å². The Labute approximate surface area is 172 Å². The Morgan fingerprint density at radius 2 is 1.27 bits per heavy atom. The molecule has 4 nitrogen and oxygen atoms in total. The van der Waals surface area contributed by atoms with E-state index >= 15 is 0 Å². The third-order valence-corrected chi connectivity index (χ3v) is 1.55. The minimum atomic E-state index is -1.40. The van der Waals surface area contributed by atoms with Crippen molar-refractivity contribution >= 4 is 11.9 Å². The van der Waals surface area contributed by atoms with E-state index in [2.05, 4.69) is 0 Å². The standard InChI is InChI=1S/C9H8O4.2K/c1-5-2-6(8(10)11)4-7(3-5)9(12)13;;/h2-4H,1H3,(H,10,11)(H,12,13);;/q;2*+1/p-2. The second kappa shape index (κ2) is 8.51. The van der Waals surface area contributed by atoms with Crippen molar-refractivity contribution in [1.82, 2.24) is 0 Å². The summed E-state index contributed by atoms with van der Waals surface area (Å²) in [6.45, 7) is 1.60. The molecule has 68 valence electrons. The molecule has 0 N–H and O–H groups in total. The summed E-state index contributed by atoms with van der Waals surface area (Å²) in [5, 5.41) is 20.8. The fourth-order valence-electron chi connectivity index (χ4n) is 1.02. The van der Waals surface area contributed by atoms with Crippen LogP contribution in [0.5, 0.6) is 0 Å². The number of aromatic carboxylic acids is 2. The normalized spacial score (nSPS) is 8.33. The van der Waals surface area contributed by atoms with E-state index in [9.17, 15) is 19.8 Å². The van der Waals surface area contributed by atoms with Crippen LogP contribution in [0.4, 0.5) is 0 Å². The molecular weight excluding hydrogens is 250 g/mol. The van der Waals surface area contributed by atoms with Gasteiger partial charge in [0.2, 0.25) is 0 Å². The maximum Gasteiger partial charge on any atom is 1.00 e. The predicted octanol–water partition coefficient (Wildman–Crippen LogP) is -7.27. The molecule has 1 aromatic rings. The zero-order valence-corrected chi connectivity index (χ0v) is 15.1. The molecule has 0 saturated heterocycles. The Morgan fingerprint density at radius 1 is 0.933 bits per heavy atom. The topological polar surface area (TPSA) is 80.3 Å². The molecule has 0 fully saturated rings. The minimum absolute atomic E-state index is 0. The number of carbonyl (C=O) groups excluding carboxylic acids is 2. The SMILES string of the molecule is Cc1cc(C(=O)[O-])cc(C(=O)[O-])c1.[K+].[K+]. The average molecular weight is 256 g/mol. The van der Waals surface area contributed by atoms with E-state index < -0.39 is 11.9 Å². The molecule has 0 heterocycles. The van der Waals surface area contributed by atoms with E-state index in [1.807, 2.05) is 0 Å². The van der Waals surface area contributed by atoms with Gasteiger partial charge in [-0.3, -0.25) is 0 Å². The van der Waals surface area contributed by atoms with Crippen molar-refractivity contribution in [3.63, 3.8) is 0 Å². The number of rotatable bonds is 2. The molecule has 15 heavy (non-hydrogen) atoms. The number of benzene rings is 1. The number of aryl methyl sites for hydroxylation is 1. The van der Waals surface area contributed by atoms with Gasteiger partial charge in [0.25, 0.3) is 0 Å². The maximum atomic E-state index is 10.4. The third-order valence-electron chi connectivity index (χ3n) is 1.55. The molecule has 6 heteroatoms. The predicted molar refractivity (Wildman–Crippen MR) is 39.8 cm³/mol. The van der Waals surface area contributed by atoms with Crippen LogP contribution in [0.15, 0.2) is 18.2 Å². The van der Waals surface area contributed by atoms with Crippen LogP contribution in [-0.2, 0) is 0 Å². The molecule has 0 atom stereocenters. The van der Waals surface area contributed by atoms with Gasteiger partial charge in [-0.25, -0.2) is 0 Å². The van der Waals surface area contributed by atoms with Crippen LogP contribution < -0.4 is 113 Å². The molecule has 0 bridgehead atoms. The molecule has 1 rings (SSSR count). The first kappa shape index (κ1) is 18.8. The van der Waals surface area contributed by atoms with Crippen molar-refractivity contribution in [3.05, 3.63) is 34.9 Å². The van der Waals surface area contributed by atoms with Crippen molar-refractivity contribution in [2.24, 2.45) is 0 Å². The van der Waals surface area contributed by atoms with E-state index in [1.165, 1.54) is 12.1 Å². The van der Waals surface area contributed by atoms with Crippen molar-refractivity contribution in [2.75, 3.05) is 0 Å². The Balaban J connectivity index is 0. The van der Waals surface area contributed by atoms with Gasteiger partial charge in [-0.05, 0) is 29.7 Å². The Morgan fingerprint density at radius 3 is 1.53 bits per heavy atom. The minimum Gasteiger partial charge on any atom is -0.545 e. The molecular formula is C9H6K2O4. The molecule has 0 saturated carbocycles. The smallest absolute Gasteiger partial charge is 0.545 e. The number of hydrogen-bond donors (Lipinski definition) is 0. The van der Waals surface area contributed by atoms with Gasteiger partial charge in [0, 0.05) is 0 Å². The van der Waals surface area contributed by atoms with Crippen LogP contribution >= 0.6 is 0 Å². The molecule has 0 spiro atoms. The summed E-state index contributed by atoms with van der Waals surface area (Å²) in [6, 6.07) is 3.68. The first-order chi connectivity index (χ1) is 6.00. The second-order valence-electron chi connectivity index (χ2n) is 2.66. The average Bonchev–Trinajstić information content (AvgIpc) is 2.03. The quantitative estimate of drug-likeness (QED) is 0.492. The largest absolute Gasteiger partial charge is 1.00 e. The summed E-state index contributed by atoms with van der Waals surface area (Å²) in [6.07, 6.45) is 0. The fourth-order valence-corrected chi connectivity index (χ4v) is 1.02. The number of carboxylic acid groups (broad SMARTS) is 2. The van der Waals surface area contributed by atoms with Gasteiger partial charge < -0.3 is 19.8 Å². The molecule has 0 aromatic heterocycles. The number of hydrogen-bond acceptors (Lipinski definition) is 4. The molecule has 0 aliphatic heterocycles. The van der Waals surface area contributed by atoms with Crippen molar-refractivity contribution in [2.45, 2.75) is 6.92 Å². The van der Waals surface area contributed by atoms with Crippen LogP contribution in [-0.4, -0.2) is 11.9 Å². The zero-order valence-electron chi connectivity index (χ0n) is 8.87. The molecule has 0 aliphatic carbocycles. The van der Waals surface area contributed by atoms with Crippen LogP contribution in [0, 0.1) is 6.92 Å². The second-order valence-corrected chi connectivity index (χ2v) is 2.66. The van der Waals surface area contributed by atoms with Crippen LogP contribution in [0.3, 0.4) is 0 Å². The molecule has 1 aromatic carbocycles. The van der Waals surface area contributed by atoms with Gasteiger partial charge in [0.1, 0.15) is 0 Å². The van der Waals surface area contributed by atoms with Gasteiger partial charge >= 0.3 is 103 Å². The van der Waals surface area contributed by atoms with E-state index in [4.69, 9.17) is 0 Å². The van der Waals surface area contributed by atoms with Crippen LogP contribution in [0.1, 0.15) is 26.3 Å². The van der Waals surface area contributed by atoms with E-state index in [0.717, 1.165) is 6.07 Å². The Hall–Kier alpha value is 1.43. The van der Waals surface area contributed by atoms with Gasteiger partial charge in [0.15, 0.2) is 0 Å². The maximum absolute atomic E-state index is 10.4. The molecule has 0 amide bonds. The fraction of sp³-hybridized carbons (Fsp3) is 0.111. The molecule has 0 aliphatic rings. The zero-order chi connectivity index (χ0) is 10.0. The summed E-state index contributed by atoms with van der Waals surface area (Å²) in [5.74, 6) is -2.79. The summed E-state index contributed by atoms with van der Waals surface area (Å²) in [7, 11) is 0. The molecule has 0 unspecified atom stereocenters. The van der Waals surface area contributed by atoms with Gasteiger partial charge in [0.05, 0.1) is 11.9 Å². The van der Waals surface area contributed by atoms with Crippen LogP contribution in [0.2, 0.25) is 0 Å². The first-order valence-electron chi connectivity index (χ1n) is 3.55. The number of carboxylic acids is 2. The van der Waals surface area contributed by atoms with E-state index in [1.54, 1.807) is 6.92 Å². The Kier molecular flexibility index (Phi) is 10.7. The van der Waals surface area contributed by atoms with Crippen molar-refractivity contribution in [1.29, 1.82) is 0 Å². The number of carbonyl (C=O) groups is 2. The third kappa shape index (κ3) is 6.06. The van der Waals surface area contributed by atoms with Crippen LogP contribution in [0.25, 0.3) is 0 Å².